The second-order valence-corrected chi connectivity index (χ2v) is 4.76. The van der Waals surface area contributed by atoms with Crippen LogP contribution >= 0.6 is 15.9 Å². The summed E-state index contributed by atoms with van der Waals surface area (Å²) in [6, 6.07) is 4.26. The van der Waals surface area contributed by atoms with Gasteiger partial charge in [-0.3, -0.25) is 0 Å². The fourth-order valence-electron chi connectivity index (χ4n) is 1.42. The number of pyridine rings is 1. The average molecular weight is 272 g/mol. The molecule has 1 unspecified atom stereocenters. The van der Waals surface area contributed by atoms with E-state index in [2.05, 4.69) is 40.1 Å². The zero-order chi connectivity index (χ0) is 11.3. The molecule has 0 aliphatic heterocycles. The molecule has 3 nitrogen and oxygen atoms in total. The van der Waals surface area contributed by atoms with Gasteiger partial charge in [0.15, 0.2) is 0 Å². The molecule has 3 N–H and O–H groups in total. The van der Waals surface area contributed by atoms with E-state index in [0.717, 1.165) is 16.7 Å². The number of nitrogens with zero attached hydrogens (tertiary/aromatic N) is 1. The Morgan fingerprint density at radius 3 is 2.80 bits per heavy atom. The van der Waals surface area contributed by atoms with Gasteiger partial charge in [0.2, 0.25) is 0 Å². The van der Waals surface area contributed by atoms with Crippen LogP contribution in [0.3, 0.4) is 0 Å². The van der Waals surface area contributed by atoms with E-state index in [4.69, 9.17) is 5.73 Å². The molecule has 1 rings (SSSR count). The van der Waals surface area contributed by atoms with Crippen LogP contribution < -0.4 is 11.1 Å². The highest BCUT2D eigenvalue weighted by Crippen LogP contribution is 2.21. The van der Waals surface area contributed by atoms with Gasteiger partial charge in [-0.15, -0.1) is 0 Å². The van der Waals surface area contributed by atoms with Gasteiger partial charge in [-0.25, -0.2) is 4.98 Å². The molecule has 1 aromatic rings. The molecule has 0 bridgehead atoms. The summed E-state index contributed by atoms with van der Waals surface area (Å²) in [5.41, 5.74) is 5.59. The lowest BCUT2D eigenvalue weighted by atomic mass is 10.0. The van der Waals surface area contributed by atoms with Gasteiger partial charge in [0.05, 0.1) is 4.47 Å². The highest BCUT2D eigenvalue weighted by atomic mass is 79.9. The lowest BCUT2D eigenvalue weighted by Crippen LogP contribution is -2.29. The van der Waals surface area contributed by atoms with Gasteiger partial charge in [0.1, 0.15) is 5.82 Å². The van der Waals surface area contributed by atoms with Crippen LogP contribution in [0.1, 0.15) is 20.3 Å². The number of nitrogens with one attached hydrogen (secondary N) is 1. The first-order valence-electron chi connectivity index (χ1n) is 5.22. The molecular weight excluding hydrogens is 254 g/mol. The van der Waals surface area contributed by atoms with Gasteiger partial charge in [-0.1, -0.05) is 13.8 Å². The molecule has 15 heavy (non-hydrogen) atoms. The van der Waals surface area contributed by atoms with Crippen LogP contribution in [-0.2, 0) is 0 Å². The van der Waals surface area contributed by atoms with E-state index in [1.807, 2.05) is 12.1 Å². The van der Waals surface area contributed by atoms with Crippen molar-refractivity contribution in [1.82, 2.24) is 4.98 Å². The normalized spacial score (nSPS) is 12.9. The van der Waals surface area contributed by atoms with Crippen LogP contribution in [0.2, 0.25) is 0 Å². The maximum atomic E-state index is 5.59. The summed E-state index contributed by atoms with van der Waals surface area (Å²) >= 11 is 3.47. The Labute approximate surface area is 99.6 Å². The Bertz CT molecular complexity index is 302. The van der Waals surface area contributed by atoms with Crippen molar-refractivity contribution in [2.24, 2.45) is 11.7 Å². The minimum absolute atomic E-state index is 0.376. The van der Waals surface area contributed by atoms with Gasteiger partial charge in [0.25, 0.3) is 0 Å². The highest BCUT2D eigenvalue weighted by molar-refractivity contribution is 9.10. The summed E-state index contributed by atoms with van der Waals surface area (Å²) in [4.78, 5) is 4.28. The van der Waals surface area contributed by atoms with Crippen molar-refractivity contribution in [3.05, 3.63) is 22.8 Å². The quantitative estimate of drug-likeness (QED) is 0.866. The molecule has 0 saturated carbocycles. The van der Waals surface area contributed by atoms with E-state index in [-0.39, 0.29) is 0 Å². The topological polar surface area (TPSA) is 50.9 Å². The van der Waals surface area contributed by atoms with E-state index in [1.165, 1.54) is 0 Å². The fourth-order valence-corrected chi connectivity index (χ4v) is 1.79. The Hall–Kier alpha value is -0.610. The largest absolute Gasteiger partial charge is 0.366 e. The molecule has 0 aromatic carbocycles. The van der Waals surface area contributed by atoms with Crippen molar-refractivity contribution in [2.45, 2.75) is 26.3 Å². The monoisotopic (exact) mass is 271 g/mol. The lowest BCUT2D eigenvalue weighted by molar-refractivity contribution is 0.497. The standard InChI is InChI=1S/C11H18BrN3/c1-8(2)10(5-6-13)15-11-9(12)4-3-7-14-11/h3-4,7-8,10H,5-6,13H2,1-2H3,(H,14,15). The molecule has 1 aromatic heterocycles. The third-order valence-electron chi connectivity index (χ3n) is 2.36. The smallest absolute Gasteiger partial charge is 0.140 e. The minimum atomic E-state index is 0.376. The molecule has 0 spiro atoms. The molecule has 0 amide bonds. The fraction of sp³-hybridized carbons (Fsp3) is 0.545. The van der Waals surface area contributed by atoms with Gasteiger partial charge in [0, 0.05) is 12.2 Å². The van der Waals surface area contributed by atoms with Crippen molar-refractivity contribution in [1.29, 1.82) is 0 Å². The summed E-state index contributed by atoms with van der Waals surface area (Å²) in [6.45, 7) is 5.06. The van der Waals surface area contributed by atoms with Gasteiger partial charge < -0.3 is 11.1 Å². The van der Waals surface area contributed by atoms with E-state index < -0.39 is 0 Å². The molecule has 84 valence electrons. The number of aromatic nitrogens is 1. The van der Waals surface area contributed by atoms with E-state index >= 15 is 0 Å². The third kappa shape index (κ3) is 3.80. The first-order chi connectivity index (χ1) is 7.15. The van der Waals surface area contributed by atoms with Crippen molar-refractivity contribution >= 4 is 21.7 Å². The Kier molecular flexibility index (Phi) is 5.05. The molecular formula is C11H18BrN3. The SMILES string of the molecule is CC(C)C(CCN)Nc1ncccc1Br. The summed E-state index contributed by atoms with van der Waals surface area (Å²) < 4.78 is 0.993. The van der Waals surface area contributed by atoms with Crippen LogP contribution in [0, 0.1) is 5.92 Å². The van der Waals surface area contributed by atoms with E-state index in [0.29, 0.717) is 18.5 Å². The molecule has 1 heterocycles. The number of halogens is 1. The summed E-state index contributed by atoms with van der Waals surface area (Å²) in [7, 11) is 0. The molecule has 0 aliphatic carbocycles. The number of rotatable bonds is 5. The number of hydrogen-bond acceptors (Lipinski definition) is 3. The Morgan fingerprint density at radius 2 is 2.27 bits per heavy atom. The Balaban J connectivity index is 2.69. The minimum Gasteiger partial charge on any atom is -0.366 e. The zero-order valence-corrected chi connectivity index (χ0v) is 10.8. The van der Waals surface area contributed by atoms with Crippen LogP contribution in [-0.4, -0.2) is 17.6 Å². The van der Waals surface area contributed by atoms with E-state index in [9.17, 15) is 0 Å². The number of anilines is 1. The predicted molar refractivity (Wildman–Crippen MR) is 67.9 cm³/mol. The number of nitrogens with two attached hydrogens (primary N) is 1. The third-order valence-corrected chi connectivity index (χ3v) is 3.00. The van der Waals surface area contributed by atoms with Crippen LogP contribution in [0.4, 0.5) is 5.82 Å². The Morgan fingerprint density at radius 1 is 1.53 bits per heavy atom. The maximum absolute atomic E-state index is 5.59. The molecule has 1 atom stereocenters. The van der Waals surface area contributed by atoms with Crippen LogP contribution in [0.5, 0.6) is 0 Å². The summed E-state index contributed by atoms with van der Waals surface area (Å²) in [5.74, 6) is 1.44. The molecule has 0 radical (unpaired) electrons. The highest BCUT2D eigenvalue weighted by Gasteiger charge is 2.13. The van der Waals surface area contributed by atoms with Gasteiger partial charge >= 0.3 is 0 Å². The first-order valence-corrected chi connectivity index (χ1v) is 6.01. The van der Waals surface area contributed by atoms with Crippen LogP contribution in [0.25, 0.3) is 0 Å². The molecule has 0 saturated heterocycles. The van der Waals surface area contributed by atoms with Crippen molar-refractivity contribution < 1.29 is 0 Å². The molecule has 0 fully saturated rings. The van der Waals surface area contributed by atoms with E-state index in [1.54, 1.807) is 6.20 Å². The predicted octanol–water partition coefficient (Wildman–Crippen LogP) is 2.63. The number of hydrogen-bond donors (Lipinski definition) is 2. The van der Waals surface area contributed by atoms with Crippen molar-refractivity contribution in [2.75, 3.05) is 11.9 Å². The summed E-state index contributed by atoms with van der Waals surface area (Å²) in [5, 5.41) is 3.41. The van der Waals surface area contributed by atoms with Crippen molar-refractivity contribution in [3.63, 3.8) is 0 Å². The summed E-state index contributed by atoms with van der Waals surface area (Å²) in [6.07, 6.45) is 2.74. The van der Waals surface area contributed by atoms with Gasteiger partial charge in [-0.2, -0.15) is 0 Å². The molecule has 4 heteroatoms. The lowest BCUT2D eigenvalue weighted by Gasteiger charge is -2.22. The second-order valence-electron chi connectivity index (χ2n) is 3.91. The van der Waals surface area contributed by atoms with Gasteiger partial charge in [-0.05, 0) is 46.9 Å². The molecule has 0 aliphatic rings. The average Bonchev–Trinajstić information content (AvgIpc) is 2.20. The zero-order valence-electron chi connectivity index (χ0n) is 9.20. The second kappa shape index (κ2) is 6.08. The first kappa shape index (κ1) is 12.5. The maximum Gasteiger partial charge on any atom is 0.140 e. The van der Waals surface area contributed by atoms with Crippen molar-refractivity contribution in [3.8, 4) is 0 Å². The van der Waals surface area contributed by atoms with Crippen LogP contribution in [0.15, 0.2) is 22.8 Å².